The van der Waals surface area contributed by atoms with Crippen molar-refractivity contribution in [1.29, 1.82) is 0 Å². The largest absolute Gasteiger partial charge is 0.481 e. The molecule has 3 aliphatic heterocycles. The highest BCUT2D eigenvalue weighted by atomic mass is 32.2. The van der Waals surface area contributed by atoms with E-state index in [1.54, 1.807) is 66.0 Å². The number of pyridine rings is 3. The summed E-state index contributed by atoms with van der Waals surface area (Å²) in [5.41, 5.74) is 10.7. The number of amides is 5. The van der Waals surface area contributed by atoms with E-state index < -0.39 is 58.4 Å². The average molecular weight is 1990 g/mol. The van der Waals surface area contributed by atoms with Gasteiger partial charge in [-0.15, -0.1) is 0 Å². The Morgan fingerprint density at radius 3 is 0.950 bits per heavy atom. The van der Waals surface area contributed by atoms with Crippen molar-refractivity contribution >= 4 is 123 Å². The number of benzene rings is 8. The molecule has 0 unspecified atom stereocenters. The topological polar surface area (TPSA) is 321 Å². The van der Waals surface area contributed by atoms with Crippen LogP contribution < -0.4 is 41.3 Å². The number of piperidine rings is 3. The van der Waals surface area contributed by atoms with Crippen LogP contribution in [0, 0.1) is 0 Å². The Balaban J connectivity index is 0.000000190. The maximum atomic E-state index is 13.6. The van der Waals surface area contributed by atoms with Crippen LogP contribution in [0.5, 0.6) is 0 Å². The van der Waals surface area contributed by atoms with Crippen LogP contribution in [-0.2, 0) is 66.6 Å². The van der Waals surface area contributed by atoms with Crippen molar-refractivity contribution in [3.8, 4) is 33.8 Å². The molecule has 0 bridgehead atoms. The predicted octanol–water partition coefficient (Wildman–Crippen LogP) is 23.2. The molecule has 740 valence electrons. The Hall–Kier alpha value is -13.5. The van der Waals surface area contributed by atoms with Gasteiger partial charge in [0.05, 0.1) is 70.1 Å². The first kappa shape index (κ1) is 106. The van der Waals surface area contributed by atoms with Crippen LogP contribution in [0.2, 0.25) is 0 Å². The summed E-state index contributed by atoms with van der Waals surface area (Å²) >= 11 is 4.67. The van der Waals surface area contributed by atoms with Gasteiger partial charge in [0.1, 0.15) is 11.2 Å². The summed E-state index contributed by atoms with van der Waals surface area (Å²) in [6.07, 6.45) is 6.24. The second kappa shape index (κ2) is 50.5. The molecule has 24 nitrogen and oxygen atoms in total. The first-order chi connectivity index (χ1) is 67.4. The summed E-state index contributed by atoms with van der Waals surface area (Å²) in [4.78, 5) is 134. The minimum atomic E-state index is -4.49. The molecule has 7 N–H and O–H groups in total. The Kier molecular flexibility index (Phi) is 38.1. The highest BCUT2D eigenvalue weighted by molar-refractivity contribution is 7.99. The minimum absolute atomic E-state index is 0.0633. The van der Waals surface area contributed by atoms with Crippen molar-refractivity contribution in [3.05, 3.63) is 303 Å². The quantitative estimate of drug-likeness (QED) is 0.0112. The van der Waals surface area contributed by atoms with E-state index in [1.807, 2.05) is 139 Å². The van der Waals surface area contributed by atoms with E-state index in [9.17, 15) is 74.6 Å². The maximum absolute atomic E-state index is 13.6. The molecule has 5 amide bonds. The van der Waals surface area contributed by atoms with Crippen LogP contribution in [0.3, 0.4) is 0 Å². The second-order valence-corrected chi connectivity index (χ2v) is 39.4. The van der Waals surface area contributed by atoms with Gasteiger partial charge in [-0.05, 0) is 279 Å². The molecule has 0 saturated carbocycles. The number of rotatable bonds is 34. The van der Waals surface area contributed by atoms with Gasteiger partial charge in [0, 0.05) is 167 Å². The Labute approximate surface area is 829 Å². The first-order valence-corrected chi connectivity index (χ1v) is 50.1. The lowest BCUT2D eigenvalue weighted by Gasteiger charge is -2.29. The molecule has 0 spiro atoms. The van der Waals surface area contributed by atoms with Crippen molar-refractivity contribution in [1.82, 2.24) is 25.6 Å². The second-order valence-electron chi connectivity index (χ2n) is 36.1. The fourth-order valence-corrected chi connectivity index (χ4v) is 18.5. The van der Waals surface area contributed by atoms with Gasteiger partial charge in [-0.25, -0.2) is 4.79 Å². The van der Waals surface area contributed by atoms with Gasteiger partial charge in [0.15, 0.2) is 0 Å². The van der Waals surface area contributed by atoms with E-state index in [4.69, 9.17) is 14.6 Å². The van der Waals surface area contributed by atoms with Crippen molar-refractivity contribution in [2.75, 3.05) is 87.2 Å². The van der Waals surface area contributed by atoms with Crippen LogP contribution in [0.1, 0.15) is 220 Å². The number of esters is 2. The number of hydrogen-bond donors (Lipinski definition) is 7. The summed E-state index contributed by atoms with van der Waals surface area (Å²) in [5.74, 6) is -0.707. The number of aromatic nitrogens is 3. The van der Waals surface area contributed by atoms with Crippen molar-refractivity contribution in [2.24, 2.45) is 0 Å². The normalized spacial score (nSPS) is 13.3. The maximum Gasteiger partial charge on any atom is 0.416 e. The molecule has 6 heterocycles. The van der Waals surface area contributed by atoms with E-state index >= 15 is 0 Å². The standard InChI is InChI=1S/C40H43F3N4O4S.C36H35F3N4O4S.C32H37N3O5S/c1-39(2,3)51-36(48)16-20-52-26-28-10-7-11-29(21-28)38(50)46-34-14-13-32(47-18-5-4-6-19-47)24-33(34)35-23-30(15-17-44-35)37(49)45-25-27-9-8-12-31(22-27)40(41,42)43;37-36(38,39)28-9-5-6-24(19-28)22-41-34(46)27-12-14-40-32(20-27)30-21-29(43-15-2-1-3-16-43)10-11-31(30)42-35(47)26-8-4-7-25(18-26)23-48-17-13-33(44)45;1-32(2,3)40-29(36)13-17-41-21-22-8-7-9-23(18-22)30(37)34-27-11-10-25(35-15-5-4-6-16-35)20-26(27)28-19-24(31(38)39)12-14-33-28/h7-15,17,21-24H,4-6,16,18-20,25-26H2,1-3H3,(H,45,49)(H,46,50);4-12,14,18-21H,1-3,13,15-17,22-23H2,(H,41,46)(H,42,47)(H,44,45);7-12,14,18-20H,4-6,13,15-17,21H2,1-3H3,(H,34,37)(H,38,39). The smallest absolute Gasteiger partial charge is 0.416 e. The summed E-state index contributed by atoms with van der Waals surface area (Å²) in [5, 5.41) is 32.9. The lowest BCUT2D eigenvalue weighted by Crippen LogP contribution is -2.29. The molecule has 3 saturated heterocycles. The highest BCUT2D eigenvalue weighted by Crippen LogP contribution is 2.40. The number of aliphatic carboxylic acids is 1. The molecule has 11 aromatic rings. The summed E-state index contributed by atoms with van der Waals surface area (Å²) in [6.45, 7) is 16.4. The zero-order valence-electron chi connectivity index (χ0n) is 79.4. The van der Waals surface area contributed by atoms with E-state index in [-0.39, 0.29) is 65.9 Å². The molecule has 8 aromatic carbocycles. The van der Waals surface area contributed by atoms with Gasteiger partial charge in [-0.3, -0.25) is 53.3 Å². The number of halogens is 6. The fraction of sp³-hybridized carbons (Fsp3) is 0.333. The number of thioether (sulfide) groups is 3. The van der Waals surface area contributed by atoms with Gasteiger partial charge in [-0.1, -0.05) is 60.7 Å². The van der Waals surface area contributed by atoms with Crippen LogP contribution in [0.25, 0.3) is 33.8 Å². The first-order valence-electron chi connectivity index (χ1n) is 46.7. The number of alkyl halides is 6. The number of hydrogen-bond acceptors (Lipinski definition) is 20. The van der Waals surface area contributed by atoms with E-state index in [0.29, 0.717) is 126 Å². The SMILES string of the molecule is CC(C)(C)OC(=O)CCSCc1cccc(C(=O)Nc2ccc(N3CCCCC3)cc2-c2cc(C(=O)NCc3cccc(C(F)(F)F)c3)ccn2)c1.CC(C)(C)OC(=O)CCSCc1cccc(C(=O)Nc2ccc(N3CCCCC3)cc2-c2cc(C(=O)O)ccn2)c1.O=C(O)CCSCc1cccc(C(=O)Nc2ccc(N3CCCCC3)cc2-c2cc(C(=O)NCc3cccc(C(F)(F)F)c3)ccn2)c1. The zero-order chi connectivity index (χ0) is 101. The highest BCUT2D eigenvalue weighted by Gasteiger charge is 2.33. The number of aromatic carboxylic acids is 1. The molecule has 14 rings (SSSR count). The average Bonchev–Trinajstić information content (AvgIpc) is 0.802. The fourth-order valence-electron chi connectivity index (χ4n) is 15.9. The molecule has 0 atom stereocenters. The molecule has 3 aromatic heterocycles. The number of carbonyl (C=O) groups excluding carboxylic acids is 7. The van der Waals surface area contributed by atoms with Crippen LogP contribution in [0.4, 0.5) is 60.5 Å². The van der Waals surface area contributed by atoms with E-state index in [2.05, 4.69) is 56.2 Å². The van der Waals surface area contributed by atoms with Gasteiger partial charge in [0.2, 0.25) is 0 Å². The minimum Gasteiger partial charge on any atom is -0.481 e. The molecule has 3 fully saturated rings. The summed E-state index contributed by atoms with van der Waals surface area (Å²) < 4.78 is 89.8. The van der Waals surface area contributed by atoms with Crippen molar-refractivity contribution in [2.45, 2.75) is 172 Å². The van der Waals surface area contributed by atoms with Gasteiger partial charge < -0.3 is 61.0 Å². The number of nitrogens with one attached hydrogen (secondary N) is 5. The Morgan fingerprint density at radius 2 is 0.638 bits per heavy atom. The molecule has 0 radical (unpaired) electrons. The molecule has 141 heavy (non-hydrogen) atoms. The Morgan fingerprint density at radius 1 is 0.340 bits per heavy atom. The lowest BCUT2D eigenvalue weighted by molar-refractivity contribution is -0.155. The van der Waals surface area contributed by atoms with Crippen LogP contribution in [-0.4, -0.2) is 146 Å². The third-order valence-corrected chi connectivity index (χ3v) is 25.9. The number of carboxylic acids is 2. The third-order valence-electron chi connectivity index (χ3n) is 22.8. The van der Waals surface area contributed by atoms with Crippen LogP contribution in [0.15, 0.2) is 231 Å². The van der Waals surface area contributed by atoms with E-state index in [0.717, 1.165) is 149 Å². The molecule has 3 aliphatic rings. The zero-order valence-corrected chi connectivity index (χ0v) is 81.8. The third kappa shape index (κ3) is 33.3. The monoisotopic (exact) mass is 1980 g/mol. The van der Waals surface area contributed by atoms with Crippen molar-refractivity contribution < 1.29 is 89.2 Å². The molecule has 0 aliphatic carbocycles. The number of anilines is 6. The number of nitrogens with zero attached hydrogens (tertiary/aromatic N) is 6. The molecular formula is C108H115F6N11O13S3. The van der Waals surface area contributed by atoms with Gasteiger partial charge >= 0.3 is 36.2 Å². The van der Waals surface area contributed by atoms with Crippen molar-refractivity contribution in [3.63, 3.8) is 0 Å². The Bertz CT molecular complexity index is 6230. The molecule has 33 heteroatoms. The lowest BCUT2D eigenvalue weighted by atomic mass is 10.0. The summed E-state index contributed by atoms with van der Waals surface area (Å²) in [7, 11) is 0. The predicted molar refractivity (Wildman–Crippen MR) is 544 cm³/mol. The number of carboxylic acid groups (broad SMARTS) is 2. The summed E-state index contributed by atoms with van der Waals surface area (Å²) in [6, 6.07) is 58.1. The molecular weight excluding hydrogens is 1870 g/mol. The van der Waals surface area contributed by atoms with Gasteiger partial charge in [0.25, 0.3) is 29.5 Å². The number of ether oxygens (including phenoxy) is 2. The van der Waals surface area contributed by atoms with E-state index in [1.165, 1.54) is 85.3 Å². The van der Waals surface area contributed by atoms with Gasteiger partial charge in [-0.2, -0.15) is 61.6 Å². The van der Waals surface area contributed by atoms with Crippen LogP contribution >= 0.6 is 35.3 Å². The number of carbonyl (C=O) groups is 9.